The highest BCUT2D eigenvalue weighted by Crippen LogP contribution is 2.31. The normalized spacial score (nSPS) is 10.5. The van der Waals surface area contributed by atoms with E-state index in [0.29, 0.717) is 0 Å². The van der Waals surface area contributed by atoms with Gasteiger partial charge in [-0.15, -0.1) is 11.8 Å². The van der Waals surface area contributed by atoms with Crippen LogP contribution in [0.3, 0.4) is 0 Å². The van der Waals surface area contributed by atoms with Gasteiger partial charge in [0.15, 0.2) is 0 Å². The van der Waals surface area contributed by atoms with E-state index in [1.807, 2.05) is 0 Å². The Morgan fingerprint density at radius 1 is 1.31 bits per heavy atom. The van der Waals surface area contributed by atoms with Gasteiger partial charge >= 0.3 is 0 Å². The summed E-state index contributed by atoms with van der Waals surface area (Å²) in [6.45, 7) is 6.19. The number of ether oxygens (including phenoxy) is 1. The molecule has 1 nitrogen and oxygen atoms in total. The van der Waals surface area contributed by atoms with E-state index in [4.69, 9.17) is 4.74 Å². The summed E-state index contributed by atoms with van der Waals surface area (Å²) in [5, 5.41) is 0. The Kier molecular flexibility index (Phi) is 3.67. The lowest BCUT2D eigenvalue weighted by molar-refractivity contribution is 0.235. The highest BCUT2D eigenvalue weighted by molar-refractivity contribution is 7.98. The van der Waals surface area contributed by atoms with Crippen molar-refractivity contribution < 1.29 is 4.74 Å². The minimum Gasteiger partial charge on any atom is -0.490 e. The molecule has 0 amide bonds. The molecule has 0 radical (unpaired) electrons. The van der Waals surface area contributed by atoms with Gasteiger partial charge in [0.25, 0.3) is 0 Å². The van der Waals surface area contributed by atoms with E-state index >= 15 is 0 Å². The van der Waals surface area contributed by atoms with Crippen molar-refractivity contribution in [1.29, 1.82) is 0 Å². The van der Waals surface area contributed by atoms with Crippen LogP contribution in [0, 0.1) is 6.92 Å². The Balaban J connectivity index is 3.00. The second kappa shape index (κ2) is 4.56. The number of hydrogen-bond donors (Lipinski definition) is 0. The molecule has 0 aliphatic rings. The van der Waals surface area contributed by atoms with Crippen LogP contribution in [0.25, 0.3) is 0 Å². The van der Waals surface area contributed by atoms with Crippen LogP contribution in [0.1, 0.15) is 19.4 Å². The van der Waals surface area contributed by atoms with Crippen molar-refractivity contribution in [2.75, 3.05) is 6.26 Å². The summed E-state index contributed by atoms with van der Waals surface area (Å²) in [5.74, 6) is 1.03. The lowest BCUT2D eigenvalue weighted by atomic mass is 10.2. The molecular formula is C11H16OS. The van der Waals surface area contributed by atoms with Gasteiger partial charge in [0.2, 0.25) is 0 Å². The predicted molar refractivity (Wildman–Crippen MR) is 58.7 cm³/mol. The van der Waals surface area contributed by atoms with Crippen LogP contribution in [0.15, 0.2) is 23.1 Å². The first-order chi connectivity index (χ1) is 6.15. The van der Waals surface area contributed by atoms with Crippen LogP contribution in [-0.2, 0) is 0 Å². The van der Waals surface area contributed by atoms with Crippen molar-refractivity contribution in [1.82, 2.24) is 0 Å². The van der Waals surface area contributed by atoms with Crippen molar-refractivity contribution >= 4 is 11.8 Å². The fraction of sp³-hybridized carbons (Fsp3) is 0.455. The molecule has 0 atom stereocenters. The molecule has 0 heterocycles. The molecule has 0 bridgehead atoms. The van der Waals surface area contributed by atoms with Crippen molar-refractivity contribution in [2.24, 2.45) is 0 Å². The average Bonchev–Trinajstić information content (AvgIpc) is 2.08. The minimum absolute atomic E-state index is 0.243. The molecule has 0 spiro atoms. The van der Waals surface area contributed by atoms with Crippen LogP contribution >= 0.6 is 11.8 Å². The number of aryl methyl sites for hydroxylation is 1. The zero-order chi connectivity index (χ0) is 9.84. The zero-order valence-electron chi connectivity index (χ0n) is 8.63. The van der Waals surface area contributed by atoms with Gasteiger partial charge < -0.3 is 4.74 Å². The van der Waals surface area contributed by atoms with Gasteiger partial charge in [-0.1, -0.05) is 12.1 Å². The van der Waals surface area contributed by atoms with E-state index in [9.17, 15) is 0 Å². The molecule has 1 rings (SSSR count). The van der Waals surface area contributed by atoms with E-state index < -0.39 is 0 Å². The fourth-order valence-corrected chi connectivity index (χ4v) is 1.78. The maximum atomic E-state index is 5.75. The van der Waals surface area contributed by atoms with Crippen LogP contribution in [0.5, 0.6) is 5.75 Å². The topological polar surface area (TPSA) is 9.23 Å². The molecule has 0 N–H and O–H groups in total. The summed E-state index contributed by atoms with van der Waals surface area (Å²) in [6.07, 6.45) is 2.31. The monoisotopic (exact) mass is 196 g/mol. The summed E-state index contributed by atoms with van der Waals surface area (Å²) in [7, 11) is 0. The summed E-state index contributed by atoms with van der Waals surface area (Å²) in [5.41, 5.74) is 1.21. The zero-order valence-corrected chi connectivity index (χ0v) is 9.44. The summed E-state index contributed by atoms with van der Waals surface area (Å²) >= 11 is 1.73. The lowest BCUT2D eigenvalue weighted by Crippen LogP contribution is -2.07. The fourth-order valence-electron chi connectivity index (χ4n) is 1.17. The number of hydrogen-bond acceptors (Lipinski definition) is 2. The van der Waals surface area contributed by atoms with E-state index in [0.717, 1.165) is 5.75 Å². The third kappa shape index (κ3) is 2.66. The van der Waals surface area contributed by atoms with Crippen LogP contribution in [-0.4, -0.2) is 12.4 Å². The molecule has 72 valence electrons. The third-order valence-corrected chi connectivity index (χ3v) is 2.51. The SMILES string of the molecule is CSc1cccc(C)c1OC(C)C. The van der Waals surface area contributed by atoms with Crippen molar-refractivity contribution in [3.05, 3.63) is 23.8 Å². The summed E-state index contributed by atoms with van der Waals surface area (Å²) < 4.78 is 5.75. The number of rotatable bonds is 3. The Labute approximate surface area is 84.5 Å². The maximum absolute atomic E-state index is 5.75. The summed E-state index contributed by atoms with van der Waals surface area (Å²) in [6, 6.07) is 6.24. The molecule has 2 heteroatoms. The van der Waals surface area contributed by atoms with Gasteiger partial charge in [-0.05, 0) is 38.7 Å². The first-order valence-corrected chi connectivity index (χ1v) is 5.68. The van der Waals surface area contributed by atoms with Crippen LogP contribution < -0.4 is 4.74 Å². The first kappa shape index (κ1) is 10.5. The second-order valence-electron chi connectivity index (χ2n) is 3.27. The van der Waals surface area contributed by atoms with E-state index in [-0.39, 0.29) is 6.10 Å². The Bertz CT molecular complexity index is 281. The molecule has 0 saturated heterocycles. The third-order valence-electron chi connectivity index (χ3n) is 1.75. The predicted octanol–water partition coefficient (Wildman–Crippen LogP) is 3.50. The van der Waals surface area contributed by atoms with E-state index in [2.05, 4.69) is 45.2 Å². The lowest BCUT2D eigenvalue weighted by Gasteiger charge is -2.15. The Hall–Kier alpha value is -0.630. The molecule has 0 aliphatic heterocycles. The molecule has 0 saturated carbocycles. The number of thioether (sulfide) groups is 1. The number of benzene rings is 1. The minimum atomic E-state index is 0.243. The van der Waals surface area contributed by atoms with Crippen molar-refractivity contribution in [2.45, 2.75) is 31.8 Å². The smallest absolute Gasteiger partial charge is 0.136 e. The molecule has 13 heavy (non-hydrogen) atoms. The van der Waals surface area contributed by atoms with Crippen molar-refractivity contribution in [3.8, 4) is 5.75 Å². The molecular weight excluding hydrogens is 180 g/mol. The maximum Gasteiger partial charge on any atom is 0.136 e. The second-order valence-corrected chi connectivity index (χ2v) is 4.12. The van der Waals surface area contributed by atoms with Gasteiger partial charge in [0, 0.05) is 4.90 Å². The highest BCUT2D eigenvalue weighted by atomic mass is 32.2. The van der Waals surface area contributed by atoms with Gasteiger partial charge in [-0.25, -0.2) is 0 Å². The van der Waals surface area contributed by atoms with E-state index in [1.54, 1.807) is 11.8 Å². The molecule has 0 unspecified atom stereocenters. The summed E-state index contributed by atoms with van der Waals surface area (Å²) in [4.78, 5) is 1.22. The van der Waals surface area contributed by atoms with E-state index in [1.165, 1.54) is 10.5 Å². The first-order valence-electron chi connectivity index (χ1n) is 4.45. The molecule has 0 aliphatic carbocycles. The van der Waals surface area contributed by atoms with Gasteiger partial charge in [0.1, 0.15) is 5.75 Å². The van der Waals surface area contributed by atoms with Gasteiger partial charge in [-0.3, -0.25) is 0 Å². The van der Waals surface area contributed by atoms with Crippen LogP contribution in [0.4, 0.5) is 0 Å². The van der Waals surface area contributed by atoms with Gasteiger partial charge in [0.05, 0.1) is 6.10 Å². The average molecular weight is 196 g/mol. The largest absolute Gasteiger partial charge is 0.490 e. The molecule has 1 aromatic carbocycles. The molecule has 0 fully saturated rings. The standard InChI is InChI=1S/C11H16OS/c1-8(2)12-11-9(3)6-5-7-10(11)13-4/h5-8H,1-4H3. The highest BCUT2D eigenvalue weighted by Gasteiger charge is 2.06. The quantitative estimate of drug-likeness (QED) is 0.684. The Morgan fingerprint density at radius 2 is 2.00 bits per heavy atom. The Morgan fingerprint density at radius 3 is 2.54 bits per heavy atom. The molecule has 0 aromatic heterocycles. The van der Waals surface area contributed by atoms with Crippen LogP contribution in [0.2, 0.25) is 0 Å². The van der Waals surface area contributed by atoms with Gasteiger partial charge in [-0.2, -0.15) is 0 Å². The van der Waals surface area contributed by atoms with Crippen molar-refractivity contribution in [3.63, 3.8) is 0 Å². The molecule has 1 aromatic rings. The number of para-hydroxylation sites is 1.